The molecular weight excluding hydrogens is 318 g/mol. The Labute approximate surface area is 147 Å². The van der Waals surface area contributed by atoms with Gasteiger partial charge >= 0.3 is 0 Å². The lowest BCUT2D eigenvalue weighted by atomic mass is 9.89. The van der Waals surface area contributed by atoms with Crippen molar-refractivity contribution in [3.63, 3.8) is 0 Å². The van der Waals surface area contributed by atoms with Crippen LogP contribution in [0.4, 0.5) is 0 Å². The Balaban J connectivity index is 1.70. The maximum Gasteiger partial charge on any atom is 0.224 e. The predicted molar refractivity (Wildman–Crippen MR) is 94.1 cm³/mol. The molecule has 2 heterocycles. The highest BCUT2D eigenvalue weighted by molar-refractivity contribution is 5.76. The quantitative estimate of drug-likeness (QED) is 0.879. The van der Waals surface area contributed by atoms with Crippen LogP contribution in [-0.4, -0.2) is 68.4 Å². The van der Waals surface area contributed by atoms with E-state index < -0.39 is 5.60 Å². The van der Waals surface area contributed by atoms with Crippen molar-refractivity contribution in [3.05, 3.63) is 42.5 Å². The first-order chi connectivity index (χ1) is 12.0. The number of benzene rings is 1. The molecule has 1 atom stereocenters. The molecule has 1 aliphatic rings. The maximum absolute atomic E-state index is 12.0. The zero-order valence-electron chi connectivity index (χ0n) is 14.8. The molecule has 25 heavy (non-hydrogen) atoms. The molecular formula is C18H25N5O2. The Hall–Kier alpha value is -2.25. The number of rotatable bonds is 5. The lowest BCUT2D eigenvalue weighted by Gasteiger charge is -2.39. The van der Waals surface area contributed by atoms with Crippen molar-refractivity contribution in [2.75, 3.05) is 27.2 Å². The normalized spacial score (nSPS) is 21.2. The number of nitrogens with zero attached hydrogens (tertiary/aromatic N) is 5. The van der Waals surface area contributed by atoms with E-state index in [-0.39, 0.29) is 12.3 Å². The van der Waals surface area contributed by atoms with E-state index >= 15 is 0 Å². The average molecular weight is 343 g/mol. The van der Waals surface area contributed by atoms with Crippen molar-refractivity contribution in [2.24, 2.45) is 0 Å². The van der Waals surface area contributed by atoms with Gasteiger partial charge in [-0.25, -0.2) is 0 Å². The molecule has 1 unspecified atom stereocenters. The number of para-hydroxylation sites is 1. The molecule has 2 aromatic rings. The summed E-state index contributed by atoms with van der Waals surface area (Å²) < 4.78 is 1.96. The van der Waals surface area contributed by atoms with Crippen LogP contribution in [0.15, 0.2) is 36.7 Å². The lowest BCUT2D eigenvalue weighted by molar-refractivity contribution is -0.136. The van der Waals surface area contributed by atoms with Gasteiger partial charge in [0.25, 0.3) is 0 Å². The van der Waals surface area contributed by atoms with Crippen LogP contribution in [0.3, 0.4) is 0 Å². The number of hydrogen-bond donors (Lipinski definition) is 1. The third kappa shape index (κ3) is 4.24. The maximum atomic E-state index is 12.0. The Kier molecular flexibility index (Phi) is 5.15. The number of carbonyl (C=O) groups is 1. The summed E-state index contributed by atoms with van der Waals surface area (Å²) in [6, 6.07) is 9.95. The van der Waals surface area contributed by atoms with Gasteiger partial charge in [0.1, 0.15) is 6.33 Å². The fourth-order valence-electron chi connectivity index (χ4n) is 3.30. The van der Waals surface area contributed by atoms with E-state index in [4.69, 9.17) is 0 Å². The van der Waals surface area contributed by atoms with Gasteiger partial charge < -0.3 is 10.0 Å². The van der Waals surface area contributed by atoms with Gasteiger partial charge in [-0.05, 0) is 31.5 Å². The Bertz CT molecular complexity index is 715. The molecule has 3 rings (SSSR count). The van der Waals surface area contributed by atoms with E-state index in [1.54, 1.807) is 20.4 Å². The number of carbonyl (C=O) groups excluding carboxylic acids is 1. The molecule has 0 bridgehead atoms. The fourth-order valence-corrected chi connectivity index (χ4v) is 3.30. The molecule has 0 aliphatic carbocycles. The number of aliphatic hydroxyl groups is 1. The smallest absolute Gasteiger partial charge is 0.224 e. The third-order valence-electron chi connectivity index (χ3n) is 4.63. The van der Waals surface area contributed by atoms with Gasteiger partial charge in [-0.15, -0.1) is 10.2 Å². The minimum atomic E-state index is -0.975. The Morgan fingerprint density at radius 2 is 2.08 bits per heavy atom. The second kappa shape index (κ2) is 7.33. The van der Waals surface area contributed by atoms with Crippen molar-refractivity contribution >= 4 is 5.91 Å². The molecule has 1 saturated heterocycles. The third-order valence-corrected chi connectivity index (χ3v) is 4.63. The van der Waals surface area contributed by atoms with Crippen LogP contribution in [0.25, 0.3) is 5.69 Å². The van der Waals surface area contributed by atoms with Gasteiger partial charge in [-0.3, -0.25) is 14.3 Å². The van der Waals surface area contributed by atoms with Crippen LogP contribution in [-0.2, 0) is 11.3 Å². The number of piperidine rings is 1. The summed E-state index contributed by atoms with van der Waals surface area (Å²) in [4.78, 5) is 15.7. The van der Waals surface area contributed by atoms with Crippen LogP contribution in [0.2, 0.25) is 0 Å². The van der Waals surface area contributed by atoms with E-state index in [2.05, 4.69) is 15.1 Å². The summed E-state index contributed by atoms with van der Waals surface area (Å²) >= 11 is 0. The number of β-amino-alcohol motifs (C(OH)–C–C–N with tert-alkyl or cyclic N) is 1. The lowest BCUT2D eigenvalue weighted by Crippen LogP contribution is -2.50. The second-order valence-electron chi connectivity index (χ2n) is 6.96. The Morgan fingerprint density at radius 3 is 2.80 bits per heavy atom. The minimum absolute atomic E-state index is 0.0446. The van der Waals surface area contributed by atoms with Crippen molar-refractivity contribution in [2.45, 2.75) is 31.4 Å². The standard InChI is InChI=1S/C18H25N5O2/c1-21(2)17(24)11-18(25)9-6-10-22(13-18)12-16-20-19-14-23(16)15-7-4-3-5-8-15/h3-5,7-8,14,25H,6,9-13H2,1-2H3. The van der Waals surface area contributed by atoms with E-state index in [1.165, 1.54) is 4.90 Å². The number of likely N-dealkylation sites (tertiary alicyclic amines) is 1. The van der Waals surface area contributed by atoms with Gasteiger partial charge in [-0.2, -0.15) is 0 Å². The van der Waals surface area contributed by atoms with Gasteiger partial charge in [0.15, 0.2) is 5.82 Å². The monoisotopic (exact) mass is 343 g/mol. The first-order valence-corrected chi connectivity index (χ1v) is 8.56. The van der Waals surface area contributed by atoms with Crippen LogP contribution in [0.5, 0.6) is 0 Å². The summed E-state index contributed by atoms with van der Waals surface area (Å²) in [5.74, 6) is 0.784. The highest BCUT2D eigenvalue weighted by Crippen LogP contribution is 2.26. The fraction of sp³-hybridized carbons (Fsp3) is 0.500. The predicted octanol–water partition coefficient (Wildman–Crippen LogP) is 1.07. The number of hydrogen-bond acceptors (Lipinski definition) is 5. The molecule has 0 saturated carbocycles. The molecule has 0 radical (unpaired) electrons. The van der Waals surface area contributed by atoms with Gasteiger partial charge in [0.2, 0.25) is 5.91 Å². The molecule has 1 amide bonds. The molecule has 0 spiro atoms. The van der Waals surface area contributed by atoms with E-state index in [9.17, 15) is 9.90 Å². The van der Waals surface area contributed by atoms with Gasteiger partial charge in [-0.1, -0.05) is 18.2 Å². The molecule has 7 nitrogen and oxygen atoms in total. The van der Waals surface area contributed by atoms with Gasteiger partial charge in [0, 0.05) is 26.3 Å². The molecule has 1 fully saturated rings. The van der Waals surface area contributed by atoms with Crippen LogP contribution in [0, 0.1) is 0 Å². The Morgan fingerprint density at radius 1 is 1.32 bits per heavy atom. The highest BCUT2D eigenvalue weighted by Gasteiger charge is 2.36. The SMILES string of the molecule is CN(C)C(=O)CC1(O)CCCN(Cc2nncn2-c2ccccc2)C1. The topological polar surface area (TPSA) is 74.5 Å². The zero-order chi connectivity index (χ0) is 17.9. The van der Waals surface area contributed by atoms with Crippen LogP contribution in [0.1, 0.15) is 25.1 Å². The first kappa shape index (κ1) is 17.6. The van der Waals surface area contributed by atoms with E-state index in [1.807, 2.05) is 34.9 Å². The molecule has 1 aromatic heterocycles. The second-order valence-corrected chi connectivity index (χ2v) is 6.96. The highest BCUT2D eigenvalue weighted by atomic mass is 16.3. The molecule has 134 valence electrons. The molecule has 1 aliphatic heterocycles. The van der Waals surface area contributed by atoms with Crippen molar-refractivity contribution < 1.29 is 9.90 Å². The molecule has 1 aromatic carbocycles. The minimum Gasteiger partial charge on any atom is -0.388 e. The van der Waals surface area contributed by atoms with Gasteiger partial charge in [0.05, 0.1) is 18.6 Å². The summed E-state index contributed by atoms with van der Waals surface area (Å²) in [6.45, 7) is 1.93. The zero-order valence-corrected chi connectivity index (χ0v) is 14.8. The van der Waals surface area contributed by atoms with Crippen LogP contribution < -0.4 is 0 Å². The van der Waals surface area contributed by atoms with E-state index in [0.717, 1.165) is 24.5 Å². The summed E-state index contributed by atoms with van der Waals surface area (Å²) in [5.41, 5.74) is 0.0366. The first-order valence-electron chi connectivity index (χ1n) is 8.56. The summed E-state index contributed by atoms with van der Waals surface area (Å²) in [7, 11) is 3.43. The van der Waals surface area contributed by atoms with Crippen LogP contribution >= 0.6 is 0 Å². The summed E-state index contributed by atoms with van der Waals surface area (Å²) in [6.07, 6.45) is 3.36. The van der Waals surface area contributed by atoms with Crippen molar-refractivity contribution in [3.8, 4) is 5.69 Å². The molecule has 7 heteroatoms. The van der Waals surface area contributed by atoms with Crippen molar-refractivity contribution in [1.29, 1.82) is 0 Å². The largest absolute Gasteiger partial charge is 0.388 e. The summed E-state index contributed by atoms with van der Waals surface area (Å²) in [5, 5.41) is 19.1. The average Bonchev–Trinajstić information content (AvgIpc) is 3.03. The van der Waals surface area contributed by atoms with E-state index in [0.29, 0.717) is 19.5 Å². The number of aromatic nitrogens is 3. The molecule has 1 N–H and O–H groups in total. The van der Waals surface area contributed by atoms with Crippen molar-refractivity contribution in [1.82, 2.24) is 24.6 Å². The number of amides is 1.